The zero-order valence-electron chi connectivity index (χ0n) is 6.38. The number of carboxylic acids is 1. The first-order valence-corrected chi connectivity index (χ1v) is 3.37. The Morgan fingerprint density at radius 2 is 2.31 bits per heavy atom. The topological polar surface area (TPSA) is 106 Å². The third-order valence-corrected chi connectivity index (χ3v) is 1.55. The van der Waals surface area contributed by atoms with Crippen LogP contribution in [0.15, 0.2) is 12.5 Å². The molecule has 3 N–H and O–H groups in total. The van der Waals surface area contributed by atoms with Crippen LogP contribution in [-0.2, 0) is 0 Å². The monoisotopic (exact) mass is 179 g/mol. The number of rotatable bonds is 1. The van der Waals surface area contributed by atoms with E-state index >= 15 is 0 Å². The number of nitrogen functional groups attached to an aromatic ring is 1. The SMILES string of the molecule is Nc1ncnn2c(C(=O)O)cnc12. The van der Waals surface area contributed by atoms with Gasteiger partial charge in [0.25, 0.3) is 0 Å². The van der Waals surface area contributed by atoms with Crippen LogP contribution in [0.2, 0.25) is 0 Å². The number of nitrogens with two attached hydrogens (primary N) is 1. The van der Waals surface area contributed by atoms with E-state index < -0.39 is 5.97 Å². The molecule has 0 aliphatic rings. The van der Waals surface area contributed by atoms with Gasteiger partial charge < -0.3 is 10.8 Å². The molecule has 2 heterocycles. The lowest BCUT2D eigenvalue weighted by atomic mass is 10.5. The predicted octanol–water partition coefficient (Wildman–Crippen LogP) is -0.595. The molecule has 0 aliphatic carbocycles. The zero-order valence-corrected chi connectivity index (χ0v) is 6.38. The maximum Gasteiger partial charge on any atom is 0.356 e. The Labute approximate surface area is 71.8 Å². The number of carboxylic acid groups (broad SMARTS) is 1. The Morgan fingerprint density at radius 1 is 1.54 bits per heavy atom. The van der Waals surface area contributed by atoms with Crippen LogP contribution < -0.4 is 5.73 Å². The van der Waals surface area contributed by atoms with Gasteiger partial charge in [-0.25, -0.2) is 19.3 Å². The molecule has 2 aromatic rings. The van der Waals surface area contributed by atoms with Gasteiger partial charge >= 0.3 is 5.97 Å². The molecule has 13 heavy (non-hydrogen) atoms. The minimum absolute atomic E-state index is 0.0379. The molecule has 0 bridgehead atoms. The zero-order chi connectivity index (χ0) is 9.42. The molecule has 0 atom stereocenters. The molecule has 0 spiro atoms. The Balaban J connectivity index is 2.83. The lowest BCUT2D eigenvalue weighted by Gasteiger charge is -1.95. The van der Waals surface area contributed by atoms with Crippen LogP contribution >= 0.6 is 0 Å². The summed E-state index contributed by atoms with van der Waals surface area (Å²) in [4.78, 5) is 18.1. The summed E-state index contributed by atoms with van der Waals surface area (Å²) in [6.45, 7) is 0. The average molecular weight is 179 g/mol. The molecule has 66 valence electrons. The summed E-state index contributed by atoms with van der Waals surface area (Å²) < 4.78 is 1.13. The summed E-state index contributed by atoms with van der Waals surface area (Å²) in [5.74, 6) is -0.951. The number of aromatic nitrogens is 4. The average Bonchev–Trinajstić information content (AvgIpc) is 2.48. The minimum atomic E-state index is -1.11. The van der Waals surface area contributed by atoms with Crippen molar-refractivity contribution in [3.05, 3.63) is 18.2 Å². The third-order valence-electron chi connectivity index (χ3n) is 1.55. The molecule has 0 aliphatic heterocycles. The highest BCUT2D eigenvalue weighted by Gasteiger charge is 2.12. The molecule has 0 aromatic carbocycles. The molecular weight excluding hydrogens is 174 g/mol. The molecule has 0 amide bonds. The first kappa shape index (κ1) is 7.47. The van der Waals surface area contributed by atoms with E-state index in [1.54, 1.807) is 0 Å². The highest BCUT2D eigenvalue weighted by molar-refractivity contribution is 5.86. The Hall–Kier alpha value is -2.18. The van der Waals surface area contributed by atoms with Crippen molar-refractivity contribution in [3.8, 4) is 0 Å². The van der Waals surface area contributed by atoms with E-state index in [9.17, 15) is 4.79 Å². The molecule has 0 fully saturated rings. The van der Waals surface area contributed by atoms with Crippen molar-refractivity contribution in [1.29, 1.82) is 0 Å². The van der Waals surface area contributed by atoms with Crippen LogP contribution in [0, 0.1) is 0 Å². The number of anilines is 1. The van der Waals surface area contributed by atoms with E-state index in [0.29, 0.717) is 0 Å². The summed E-state index contributed by atoms with van der Waals surface area (Å²) in [5, 5.41) is 12.4. The second kappa shape index (κ2) is 2.41. The fraction of sp³-hybridized carbons (Fsp3) is 0. The van der Waals surface area contributed by atoms with Crippen molar-refractivity contribution in [2.24, 2.45) is 0 Å². The first-order chi connectivity index (χ1) is 6.20. The van der Waals surface area contributed by atoms with Gasteiger partial charge in [0.15, 0.2) is 17.2 Å². The number of carbonyl (C=O) groups is 1. The summed E-state index contributed by atoms with van der Waals surface area (Å²) in [6.07, 6.45) is 2.36. The highest BCUT2D eigenvalue weighted by atomic mass is 16.4. The van der Waals surface area contributed by atoms with E-state index in [4.69, 9.17) is 10.8 Å². The number of aromatic carboxylic acids is 1. The number of nitrogens with zero attached hydrogens (tertiary/aromatic N) is 4. The number of imidazole rings is 1. The summed E-state index contributed by atoms with van der Waals surface area (Å²) >= 11 is 0. The van der Waals surface area contributed by atoms with Crippen LogP contribution in [0.25, 0.3) is 5.65 Å². The molecule has 2 rings (SSSR count). The van der Waals surface area contributed by atoms with Gasteiger partial charge in [-0.3, -0.25) is 0 Å². The second-order valence-electron chi connectivity index (χ2n) is 2.33. The van der Waals surface area contributed by atoms with Gasteiger partial charge in [-0.1, -0.05) is 0 Å². The highest BCUT2D eigenvalue weighted by Crippen LogP contribution is 2.08. The lowest BCUT2D eigenvalue weighted by Crippen LogP contribution is -2.06. The number of hydrogen-bond acceptors (Lipinski definition) is 5. The van der Waals surface area contributed by atoms with Crippen molar-refractivity contribution in [1.82, 2.24) is 19.6 Å². The molecule has 7 heteroatoms. The smallest absolute Gasteiger partial charge is 0.356 e. The van der Waals surface area contributed by atoms with Crippen molar-refractivity contribution in [2.45, 2.75) is 0 Å². The molecule has 2 aromatic heterocycles. The lowest BCUT2D eigenvalue weighted by molar-refractivity contribution is 0.0688. The van der Waals surface area contributed by atoms with Gasteiger partial charge in [-0.15, -0.1) is 0 Å². The maximum absolute atomic E-state index is 10.6. The normalized spacial score (nSPS) is 10.5. The van der Waals surface area contributed by atoms with Gasteiger partial charge in [0.2, 0.25) is 0 Å². The number of hydrogen-bond donors (Lipinski definition) is 2. The van der Waals surface area contributed by atoms with Gasteiger partial charge in [0.1, 0.15) is 6.33 Å². The molecule has 0 radical (unpaired) electrons. The molecular formula is C6H5N5O2. The van der Waals surface area contributed by atoms with Crippen LogP contribution in [0.3, 0.4) is 0 Å². The largest absolute Gasteiger partial charge is 0.476 e. The predicted molar refractivity (Wildman–Crippen MR) is 42.2 cm³/mol. The van der Waals surface area contributed by atoms with E-state index in [2.05, 4.69) is 15.1 Å². The summed E-state index contributed by atoms with van der Waals surface area (Å²) in [7, 11) is 0. The van der Waals surface area contributed by atoms with Crippen LogP contribution in [0.5, 0.6) is 0 Å². The maximum atomic E-state index is 10.6. The van der Waals surface area contributed by atoms with Crippen molar-refractivity contribution in [3.63, 3.8) is 0 Å². The van der Waals surface area contributed by atoms with Crippen molar-refractivity contribution >= 4 is 17.4 Å². The summed E-state index contributed by atoms with van der Waals surface area (Å²) in [5.41, 5.74) is 5.65. The van der Waals surface area contributed by atoms with E-state index in [1.807, 2.05) is 0 Å². The Kier molecular flexibility index (Phi) is 1.38. The molecule has 7 nitrogen and oxygen atoms in total. The van der Waals surface area contributed by atoms with Crippen molar-refractivity contribution < 1.29 is 9.90 Å². The first-order valence-electron chi connectivity index (χ1n) is 3.37. The Morgan fingerprint density at radius 3 is 3.00 bits per heavy atom. The number of fused-ring (bicyclic) bond motifs is 1. The van der Waals surface area contributed by atoms with Crippen LogP contribution in [-0.4, -0.2) is 30.7 Å². The van der Waals surface area contributed by atoms with Crippen LogP contribution in [0.4, 0.5) is 5.82 Å². The fourth-order valence-electron chi connectivity index (χ4n) is 0.980. The second-order valence-corrected chi connectivity index (χ2v) is 2.33. The standard InChI is InChI=1S/C6H5N5O2/c7-4-5-8-1-3(6(12)13)11(5)10-2-9-4/h1-2H,(H,12,13)(H2,7,9,10). The van der Waals surface area contributed by atoms with E-state index in [-0.39, 0.29) is 17.2 Å². The quantitative estimate of drug-likeness (QED) is 0.605. The van der Waals surface area contributed by atoms with Crippen LogP contribution in [0.1, 0.15) is 10.5 Å². The minimum Gasteiger partial charge on any atom is -0.476 e. The van der Waals surface area contributed by atoms with E-state index in [0.717, 1.165) is 4.52 Å². The van der Waals surface area contributed by atoms with Gasteiger partial charge in [-0.05, 0) is 0 Å². The fourth-order valence-corrected chi connectivity index (χ4v) is 0.980. The molecule has 0 saturated heterocycles. The van der Waals surface area contributed by atoms with Crippen molar-refractivity contribution in [2.75, 3.05) is 5.73 Å². The third kappa shape index (κ3) is 0.975. The molecule has 0 unspecified atom stereocenters. The van der Waals surface area contributed by atoms with Gasteiger partial charge in [0, 0.05) is 0 Å². The van der Waals surface area contributed by atoms with Gasteiger partial charge in [0.05, 0.1) is 6.20 Å². The Bertz CT molecular complexity index is 477. The van der Waals surface area contributed by atoms with Gasteiger partial charge in [-0.2, -0.15) is 5.10 Å². The van der Waals surface area contributed by atoms with E-state index in [1.165, 1.54) is 12.5 Å². The molecule has 0 saturated carbocycles. The summed E-state index contributed by atoms with van der Waals surface area (Å²) in [6, 6.07) is 0.